The summed E-state index contributed by atoms with van der Waals surface area (Å²) in [5.41, 5.74) is 3.29. The third-order valence-corrected chi connectivity index (χ3v) is 2.89. The highest BCUT2D eigenvalue weighted by molar-refractivity contribution is 7.82. The number of halogens is 1. The maximum atomic E-state index is 12.8. The molecule has 0 saturated carbocycles. The van der Waals surface area contributed by atoms with Crippen LogP contribution in [0.5, 0.6) is 5.75 Å². The number of anilines is 1. The number of hydrogen-bond acceptors (Lipinski definition) is 4. The molecule has 0 radical (unpaired) electrons. The fourth-order valence-electron chi connectivity index (χ4n) is 1.53. The average Bonchev–Trinajstić information content (AvgIpc) is 2.51. The molecule has 0 aliphatic rings. The third-order valence-electron chi connectivity index (χ3n) is 2.61. The molecule has 0 fully saturated rings. The Morgan fingerprint density at radius 1 is 1.18 bits per heavy atom. The van der Waals surface area contributed by atoms with Crippen molar-refractivity contribution in [3.8, 4) is 5.75 Å². The molecule has 2 aromatic rings. The van der Waals surface area contributed by atoms with Crippen molar-refractivity contribution < 1.29 is 14.3 Å². The van der Waals surface area contributed by atoms with Gasteiger partial charge in [0.15, 0.2) is 4.99 Å². The second kappa shape index (κ2) is 7.28. The van der Waals surface area contributed by atoms with Crippen LogP contribution in [0, 0.1) is 5.82 Å². The summed E-state index contributed by atoms with van der Waals surface area (Å²) in [6.07, 6.45) is 1.34. The van der Waals surface area contributed by atoms with E-state index in [-0.39, 0.29) is 10.7 Å². The summed E-state index contributed by atoms with van der Waals surface area (Å²) in [5.74, 6) is -0.906. The van der Waals surface area contributed by atoms with Crippen LogP contribution in [-0.4, -0.2) is 22.2 Å². The molecule has 0 aliphatic carbocycles. The van der Waals surface area contributed by atoms with Gasteiger partial charge in [-0.05, 0) is 36.4 Å². The monoisotopic (exact) mass is 317 g/mol. The van der Waals surface area contributed by atoms with E-state index in [1.54, 1.807) is 18.2 Å². The summed E-state index contributed by atoms with van der Waals surface area (Å²) < 4.78 is 12.8. The lowest BCUT2D eigenvalue weighted by Gasteiger charge is -2.05. The average molecular weight is 317 g/mol. The van der Waals surface area contributed by atoms with E-state index in [1.165, 1.54) is 36.5 Å². The van der Waals surface area contributed by atoms with E-state index in [4.69, 9.17) is 12.2 Å². The molecule has 0 heterocycles. The zero-order chi connectivity index (χ0) is 15.9. The summed E-state index contributed by atoms with van der Waals surface area (Å²) in [7, 11) is 0. The van der Waals surface area contributed by atoms with Gasteiger partial charge in [0.2, 0.25) is 0 Å². The van der Waals surface area contributed by atoms with Gasteiger partial charge in [-0.15, -0.1) is 0 Å². The van der Waals surface area contributed by atoms with E-state index in [0.29, 0.717) is 11.3 Å². The number of hydrogen-bond donors (Lipinski definition) is 3. The number of para-hydroxylation sites is 1. The number of phenols is 1. The van der Waals surface area contributed by atoms with Crippen molar-refractivity contribution in [3.63, 3.8) is 0 Å². The third kappa shape index (κ3) is 4.35. The Morgan fingerprint density at radius 3 is 2.55 bits per heavy atom. The van der Waals surface area contributed by atoms with E-state index in [1.807, 2.05) is 0 Å². The van der Waals surface area contributed by atoms with Crippen LogP contribution >= 0.6 is 12.2 Å². The normalized spacial score (nSPS) is 10.4. The molecule has 5 nitrogen and oxygen atoms in total. The number of aromatic hydroxyl groups is 1. The second-order valence-electron chi connectivity index (χ2n) is 4.22. The molecule has 3 N–H and O–H groups in total. The molecule has 2 aromatic carbocycles. The highest BCUT2D eigenvalue weighted by atomic mass is 32.1. The standard InChI is InChI=1S/C15H12FN3O2S/c16-11-5-7-12(8-6-11)18-14(21)15(22)19-17-9-10-3-1-2-4-13(10)20/h1-9,20H,(H,18,21)(H,19,22)/b17-9+. The van der Waals surface area contributed by atoms with Gasteiger partial charge in [0.1, 0.15) is 11.6 Å². The number of benzene rings is 2. The van der Waals surface area contributed by atoms with Crippen LogP contribution in [0.25, 0.3) is 0 Å². The smallest absolute Gasteiger partial charge is 0.284 e. The lowest BCUT2D eigenvalue weighted by molar-refractivity contribution is -0.110. The molecule has 0 aromatic heterocycles. The topological polar surface area (TPSA) is 73.7 Å². The Bertz CT molecular complexity index is 717. The number of phenolic OH excluding ortho intramolecular Hbond substituents is 1. The van der Waals surface area contributed by atoms with Crippen LogP contribution in [0.1, 0.15) is 5.56 Å². The van der Waals surface area contributed by atoms with Gasteiger partial charge in [0.05, 0.1) is 6.21 Å². The predicted molar refractivity (Wildman–Crippen MR) is 86.5 cm³/mol. The van der Waals surface area contributed by atoms with Crippen LogP contribution in [0.4, 0.5) is 10.1 Å². The van der Waals surface area contributed by atoms with Gasteiger partial charge in [-0.25, -0.2) is 4.39 Å². The zero-order valence-electron chi connectivity index (χ0n) is 11.3. The number of hydrazone groups is 1. The summed E-state index contributed by atoms with van der Waals surface area (Å²) in [6.45, 7) is 0. The maximum absolute atomic E-state index is 12.8. The first-order chi connectivity index (χ1) is 10.6. The lowest BCUT2D eigenvalue weighted by Crippen LogP contribution is -2.30. The van der Waals surface area contributed by atoms with Crippen molar-refractivity contribution in [2.24, 2.45) is 5.10 Å². The van der Waals surface area contributed by atoms with E-state index in [2.05, 4.69) is 15.8 Å². The van der Waals surface area contributed by atoms with Crippen LogP contribution < -0.4 is 10.7 Å². The molecule has 0 unspecified atom stereocenters. The fraction of sp³-hybridized carbons (Fsp3) is 0. The maximum Gasteiger partial charge on any atom is 0.284 e. The molecule has 7 heteroatoms. The van der Waals surface area contributed by atoms with Gasteiger partial charge < -0.3 is 10.4 Å². The molecular formula is C15H12FN3O2S. The van der Waals surface area contributed by atoms with Crippen molar-refractivity contribution in [3.05, 3.63) is 59.9 Å². The Hall–Kier alpha value is -2.80. The molecule has 112 valence electrons. The van der Waals surface area contributed by atoms with Crippen molar-refractivity contribution >= 4 is 35.0 Å². The molecule has 2 rings (SSSR count). The Morgan fingerprint density at radius 2 is 1.86 bits per heavy atom. The Balaban J connectivity index is 1.90. The van der Waals surface area contributed by atoms with Crippen molar-refractivity contribution in [1.82, 2.24) is 5.43 Å². The van der Waals surface area contributed by atoms with Gasteiger partial charge in [0.25, 0.3) is 5.91 Å². The van der Waals surface area contributed by atoms with E-state index < -0.39 is 11.7 Å². The number of nitrogens with zero attached hydrogens (tertiary/aromatic N) is 1. The number of rotatable bonds is 3. The molecule has 0 aliphatic heterocycles. The Labute approximate surface area is 131 Å². The summed E-state index contributed by atoms with van der Waals surface area (Å²) >= 11 is 4.88. The quantitative estimate of drug-likeness (QED) is 0.462. The molecule has 1 amide bonds. The van der Waals surface area contributed by atoms with Crippen molar-refractivity contribution in [2.45, 2.75) is 0 Å². The minimum absolute atomic E-state index is 0.0646. The number of thiocarbonyl (C=S) groups is 1. The minimum Gasteiger partial charge on any atom is -0.507 e. The first kappa shape index (κ1) is 15.6. The van der Waals surface area contributed by atoms with Gasteiger partial charge in [-0.3, -0.25) is 10.2 Å². The zero-order valence-corrected chi connectivity index (χ0v) is 12.1. The lowest BCUT2D eigenvalue weighted by atomic mass is 10.2. The number of amides is 1. The van der Waals surface area contributed by atoms with E-state index in [0.717, 1.165) is 0 Å². The van der Waals surface area contributed by atoms with Gasteiger partial charge >= 0.3 is 0 Å². The molecular weight excluding hydrogens is 305 g/mol. The summed E-state index contributed by atoms with van der Waals surface area (Å²) in [6, 6.07) is 11.9. The molecule has 22 heavy (non-hydrogen) atoms. The van der Waals surface area contributed by atoms with Gasteiger partial charge in [-0.1, -0.05) is 24.4 Å². The molecule has 0 bridgehead atoms. The minimum atomic E-state index is -0.573. The number of nitrogens with one attached hydrogen (secondary N) is 2. The van der Waals surface area contributed by atoms with Crippen molar-refractivity contribution in [2.75, 3.05) is 5.32 Å². The predicted octanol–water partition coefficient (Wildman–Crippen LogP) is 2.42. The first-order valence-corrected chi connectivity index (χ1v) is 6.65. The van der Waals surface area contributed by atoms with Gasteiger partial charge in [-0.2, -0.15) is 5.10 Å². The van der Waals surface area contributed by atoms with Crippen LogP contribution in [-0.2, 0) is 4.79 Å². The van der Waals surface area contributed by atoms with Crippen LogP contribution in [0.15, 0.2) is 53.6 Å². The van der Waals surface area contributed by atoms with E-state index >= 15 is 0 Å². The van der Waals surface area contributed by atoms with Crippen LogP contribution in [0.3, 0.4) is 0 Å². The molecule has 0 atom stereocenters. The highest BCUT2D eigenvalue weighted by Gasteiger charge is 2.08. The van der Waals surface area contributed by atoms with Crippen molar-refractivity contribution in [1.29, 1.82) is 0 Å². The molecule has 0 saturated heterocycles. The largest absolute Gasteiger partial charge is 0.507 e. The Kier molecular flexibility index (Phi) is 5.16. The summed E-state index contributed by atoms with van der Waals surface area (Å²) in [4.78, 5) is 11.6. The molecule has 0 spiro atoms. The SMILES string of the molecule is O=C(Nc1ccc(F)cc1)C(=S)N/N=C/c1ccccc1O. The highest BCUT2D eigenvalue weighted by Crippen LogP contribution is 2.12. The van der Waals surface area contributed by atoms with E-state index in [9.17, 15) is 14.3 Å². The van der Waals surface area contributed by atoms with Gasteiger partial charge in [0, 0.05) is 11.3 Å². The van der Waals surface area contributed by atoms with Crippen LogP contribution in [0.2, 0.25) is 0 Å². The summed E-state index contributed by atoms with van der Waals surface area (Å²) in [5, 5.41) is 15.8. The number of carbonyl (C=O) groups excluding carboxylic acids is 1. The number of carbonyl (C=O) groups is 1. The second-order valence-corrected chi connectivity index (χ2v) is 4.63. The first-order valence-electron chi connectivity index (χ1n) is 6.24. The fourth-order valence-corrected chi connectivity index (χ4v) is 1.63.